The minimum atomic E-state index is -3.56. The molecule has 1 aliphatic rings. The van der Waals surface area contributed by atoms with Gasteiger partial charge in [0.2, 0.25) is 10.0 Å². The van der Waals surface area contributed by atoms with Crippen molar-refractivity contribution in [3.63, 3.8) is 0 Å². The zero-order valence-electron chi connectivity index (χ0n) is 10.1. The highest BCUT2D eigenvalue weighted by molar-refractivity contribution is 9.11. The summed E-state index contributed by atoms with van der Waals surface area (Å²) in [5.74, 6) is 0.0145. The second-order valence-corrected chi connectivity index (χ2v) is 8.19. The van der Waals surface area contributed by atoms with Gasteiger partial charge in [0.05, 0.1) is 11.0 Å². The van der Waals surface area contributed by atoms with E-state index in [1.165, 1.54) is 0 Å². The first-order valence-electron chi connectivity index (χ1n) is 6.03. The van der Waals surface area contributed by atoms with E-state index >= 15 is 0 Å². The van der Waals surface area contributed by atoms with Gasteiger partial charge in [-0.1, -0.05) is 22.4 Å². The summed E-state index contributed by atoms with van der Waals surface area (Å²) in [5.41, 5.74) is 0. The largest absolute Gasteiger partial charge is 0.393 e. The van der Waals surface area contributed by atoms with Crippen molar-refractivity contribution in [3.05, 3.63) is 27.1 Å². The van der Waals surface area contributed by atoms with Crippen molar-refractivity contribution in [2.24, 2.45) is 5.92 Å². The maximum absolute atomic E-state index is 12.2. The number of aliphatic hydroxyl groups excluding tert-OH is 1. The van der Waals surface area contributed by atoms with Gasteiger partial charge in [-0.3, -0.25) is 0 Å². The molecule has 1 fully saturated rings. The van der Waals surface area contributed by atoms with Gasteiger partial charge in [0.1, 0.15) is 0 Å². The molecule has 0 spiro atoms. The van der Waals surface area contributed by atoms with Gasteiger partial charge in [-0.25, -0.2) is 13.1 Å². The zero-order valence-corrected chi connectivity index (χ0v) is 14.1. The number of halogens is 2. The average Bonchev–Trinajstić information content (AvgIpc) is 2.75. The lowest BCUT2D eigenvalue weighted by Gasteiger charge is -2.15. The lowest BCUT2D eigenvalue weighted by atomic mass is 10.1. The first-order valence-corrected chi connectivity index (χ1v) is 9.10. The van der Waals surface area contributed by atoms with Gasteiger partial charge >= 0.3 is 0 Å². The molecule has 4 nitrogen and oxygen atoms in total. The van der Waals surface area contributed by atoms with Crippen LogP contribution in [0.3, 0.4) is 0 Å². The summed E-state index contributed by atoms with van der Waals surface area (Å²) in [7, 11) is -3.56. The molecule has 2 unspecified atom stereocenters. The molecule has 7 heteroatoms. The molecule has 1 saturated carbocycles. The summed E-state index contributed by atoms with van der Waals surface area (Å²) >= 11 is 6.50. The third-order valence-corrected chi connectivity index (χ3v) is 6.25. The molecule has 1 aliphatic carbocycles. The molecule has 106 valence electrons. The van der Waals surface area contributed by atoms with Crippen molar-refractivity contribution in [2.45, 2.75) is 30.3 Å². The van der Waals surface area contributed by atoms with Crippen LogP contribution in [0.5, 0.6) is 0 Å². The van der Waals surface area contributed by atoms with Gasteiger partial charge in [-0.05, 0) is 52.9 Å². The normalized spacial score (nSPS) is 23.7. The number of benzene rings is 1. The number of rotatable bonds is 4. The Morgan fingerprint density at radius 3 is 2.68 bits per heavy atom. The second-order valence-electron chi connectivity index (χ2n) is 4.68. The molecule has 19 heavy (non-hydrogen) atoms. The summed E-state index contributed by atoms with van der Waals surface area (Å²) in [4.78, 5) is 0.203. The van der Waals surface area contributed by atoms with Gasteiger partial charge in [-0.2, -0.15) is 0 Å². The highest BCUT2D eigenvalue weighted by atomic mass is 79.9. The summed E-state index contributed by atoms with van der Waals surface area (Å²) in [5, 5.41) is 9.70. The molecule has 0 amide bonds. The number of hydrogen-bond donors (Lipinski definition) is 2. The minimum Gasteiger partial charge on any atom is -0.393 e. The van der Waals surface area contributed by atoms with Crippen LogP contribution < -0.4 is 4.72 Å². The van der Waals surface area contributed by atoms with E-state index in [4.69, 9.17) is 0 Å². The van der Waals surface area contributed by atoms with E-state index in [9.17, 15) is 13.5 Å². The predicted octanol–water partition coefficient (Wildman–Crippen LogP) is 2.65. The van der Waals surface area contributed by atoms with E-state index in [2.05, 4.69) is 36.6 Å². The van der Waals surface area contributed by atoms with Crippen molar-refractivity contribution in [1.82, 2.24) is 4.72 Å². The Hall–Kier alpha value is 0.0500. The second kappa shape index (κ2) is 6.22. The van der Waals surface area contributed by atoms with Crippen LogP contribution in [0, 0.1) is 5.92 Å². The Morgan fingerprint density at radius 2 is 2.05 bits per heavy atom. The van der Waals surface area contributed by atoms with Gasteiger partial charge in [0.15, 0.2) is 0 Å². The van der Waals surface area contributed by atoms with E-state index in [0.29, 0.717) is 8.95 Å². The van der Waals surface area contributed by atoms with E-state index in [0.717, 1.165) is 19.3 Å². The fraction of sp³-hybridized carbons (Fsp3) is 0.500. The molecular weight excluding hydrogens is 398 g/mol. The molecule has 0 aromatic heterocycles. The Morgan fingerprint density at radius 1 is 1.32 bits per heavy atom. The molecule has 1 aromatic carbocycles. The molecule has 2 rings (SSSR count). The van der Waals surface area contributed by atoms with Crippen LogP contribution in [0.1, 0.15) is 19.3 Å². The fourth-order valence-electron chi connectivity index (χ4n) is 2.23. The van der Waals surface area contributed by atoms with Crippen molar-refractivity contribution < 1.29 is 13.5 Å². The third-order valence-electron chi connectivity index (χ3n) is 3.34. The molecule has 1 aromatic rings. The molecule has 0 radical (unpaired) electrons. The van der Waals surface area contributed by atoms with Crippen LogP contribution >= 0.6 is 31.9 Å². The van der Waals surface area contributed by atoms with Crippen molar-refractivity contribution in [3.8, 4) is 0 Å². The molecule has 2 N–H and O–H groups in total. The van der Waals surface area contributed by atoms with Gasteiger partial charge in [-0.15, -0.1) is 0 Å². The summed E-state index contributed by atoms with van der Waals surface area (Å²) in [6, 6.07) is 5.00. The topological polar surface area (TPSA) is 66.4 Å². The molecule has 0 aliphatic heterocycles. The smallest absolute Gasteiger partial charge is 0.241 e. The van der Waals surface area contributed by atoms with Crippen LogP contribution in [0.25, 0.3) is 0 Å². The van der Waals surface area contributed by atoms with Gasteiger partial charge in [0.25, 0.3) is 0 Å². The number of nitrogens with one attached hydrogen (secondary N) is 1. The first kappa shape index (κ1) is 15.4. The Bertz CT molecular complexity index is 562. The predicted molar refractivity (Wildman–Crippen MR) is 80.4 cm³/mol. The SMILES string of the molecule is O=S(=O)(NCC1CCCC1O)c1cc(Br)ccc1Br. The number of hydrogen-bond acceptors (Lipinski definition) is 3. The lowest BCUT2D eigenvalue weighted by Crippen LogP contribution is -2.32. The van der Waals surface area contributed by atoms with Crippen molar-refractivity contribution in [2.75, 3.05) is 6.54 Å². The Labute approximate surface area is 129 Å². The van der Waals surface area contributed by atoms with E-state index in [1.54, 1.807) is 18.2 Å². The first-order chi connectivity index (χ1) is 8.90. The van der Waals surface area contributed by atoms with Crippen LogP contribution in [-0.4, -0.2) is 26.2 Å². The standard InChI is InChI=1S/C12H15Br2NO3S/c13-9-4-5-10(14)12(6-9)19(17,18)15-7-8-2-1-3-11(8)16/h4-6,8,11,15-16H,1-3,7H2. The summed E-state index contributed by atoms with van der Waals surface area (Å²) in [6.45, 7) is 0.280. The number of sulfonamides is 1. The molecule has 2 atom stereocenters. The molecular formula is C12H15Br2NO3S. The monoisotopic (exact) mass is 411 g/mol. The van der Waals surface area contributed by atoms with Gasteiger partial charge < -0.3 is 5.11 Å². The molecule has 0 bridgehead atoms. The van der Waals surface area contributed by atoms with Crippen LogP contribution in [0.4, 0.5) is 0 Å². The van der Waals surface area contributed by atoms with Crippen LogP contribution in [-0.2, 0) is 10.0 Å². The van der Waals surface area contributed by atoms with Crippen LogP contribution in [0.2, 0.25) is 0 Å². The van der Waals surface area contributed by atoms with Crippen LogP contribution in [0.15, 0.2) is 32.0 Å². The molecule has 0 saturated heterocycles. The van der Waals surface area contributed by atoms with Crippen molar-refractivity contribution >= 4 is 41.9 Å². The number of aliphatic hydroxyl groups is 1. The highest BCUT2D eigenvalue weighted by Gasteiger charge is 2.27. The maximum atomic E-state index is 12.2. The van der Waals surface area contributed by atoms with Crippen molar-refractivity contribution in [1.29, 1.82) is 0 Å². The Balaban J connectivity index is 2.12. The molecule has 0 heterocycles. The highest BCUT2D eigenvalue weighted by Crippen LogP contribution is 2.27. The van der Waals surface area contributed by atoms with E-state index < -0.39 is 16.1 Å². The third kappa shape index (κ3) is 3.78. The minimum absolute atomic E-state index is 0.0145. The maximum Gasteiger partial charge on any atom is 0.241 e. The summed E-state index contributed by atoms with van der Waals surface area (Å²) in [6.07, 6.45) is 2.18. The fourth-order valence-corrected chi connectivity index (χ4v) is 4.83. The zero-order chi connectivity index (χ0) is 14.0. The van der Waals surface area contributed by atoms with E-state index in [-0.39, 0.29) is 17.4 Å². The quantitative estimate of drug-likeness (QED) is 0.798. The summed E-state index contributed by atoms with van der Waals surface area (Å²) < 4.78 is 28.3. The lowest BCUT2D eigenvalue weighted by molar-refractivity contribution is 0.134. The van der Waals surface area contributed by atoms with Gasteiger partial charge in [0, 0.05) is 15.5 Å². The average molecular weight is 413 g/mol. The van der Waals surface area contributed by atoms with E-state index in [1.807, 2.05) is 0 Å². The Kier molecular flexibility index (Phi) is 5.05.